The van der Waals surface area contributed by atoms with E-state index in [0.29, 0.717) is 35.5 Å². The molecule has 4 aliphatic heterocycles. The summed E-state index contributed by atoms with van der Waals surface area (Å²) in [4.78, 5) is 28.3. The van der Waals surface area contributed by atoms with Gasteiger partial charge in [-0.25, -0.2) is 0 Å². The minimum Gasteiger partial charge on any atom is -1.00 e. The van der Waals surface area contributed by atoms with Crippen LogP contribution in [0.25, 0.3) is 5.57 Å². The van der Waals surface area contributed by atoms with Gasteiger partial charge in [0.25, 0.3) is 15.6 Å². The number of allylic oxidation sites excluding steroid dienone is 16. The topological polar surface area (TPSA) is 159 Å². The Hall–Kier alpha value is -6.99. The molecule has 791 valence electrons. The van der Waals surface area contributed by atoms with Crippen LogP contribution in [0.2, 0.25) is 0 Å². The van der Waals surface area contributed by atoms with E-state index in [9.17, 15) is 18.9 Å². The Morgan fingerprint density at radius 1 is 0.389 bits per heavy atom. The maximum Gasteiger partial charge on any atom is 0.569 e. The van der Waals surface area contributed by atoms with Crippen molar-refractivity contribution >= 4 is 74.7 Å². The van der Waals surface area contributed by atoms with Crippen LogP contribution in [0.4, 0.5) is 22.7 Å². The zero-order chi connectivity index (χ0) is 102. The highest BCUT2D eigenvalue weighted by Gasteiger charge is 2.45. The third kappa shape index (κ3) is 37.6. The van der Waals surface area contributed by atoms with Crippen LogP contribution in [-0.4, -0.2) is 152 Å². The van der Waals surface area contributed by atoms with Gasteiger partial charge in [0.1, 0.15) is 40.4 Å². The molecule has 0 aromatic heterocycles. The van der Waals surface area contributed by atoms with E-state index in [0.717, 1.165) is 94.9 Å². The summed E-state index contributed by atoms with van der Waals surface area (Å²) in [5.74, 6) is 0.667. The van der Waals surface area contributed by atoms with Crippen LogP contribution in [-0.2, 0) is 61.7 Å². The number of phosphoric acid groups is 2. The van der Waals surface area contributed by atoms with Gasteiger partial charge in [-0.1, -0.05) is 353 Å². The maximum atomic E-state index is 11.9. The minimum absolute atomic E-state index is 0. The predicted molar refractivity (Wildman–Crippen MR) is 596 cm³/mol. The van der Waals surface area contributed by atoms with Gasteiger partial charge in [0, 0.05) is 88.1 Å². The van der Waals surface area contributed by atoms with E-state index in [4.69, 9.17) is 39.4 Å². The summed E-state index contributed by atoms with van der Waals surface area (Å²) < 4.78 is 54.4. The standard InChI is InChI=1S/C61H89N3O4P.C32H36ClN2.C29H54BNO6P.2ClH/c1-60(2)53-34-25-27-36-55(53)62(5)57(60)44-42-50-32-30-33-51(43-45-58-61(3,4)54-35-26-28-37-56(54)63(58)6)59(50)52-40-38-49(39-41-52)31-24-22-20-18-16-14-12-10-11-13-15-17-19-21-23-29-47-67-69(65,66)68-48-46-64(7,8)9;1-31(2)24-14-7-9-16-26(24)34(5)28(31)20-18-22-12-11-13-23(30(22)33)19-21-29-32(3,4)25-15-8-10-17-27(25)35(29)6;1-31(2,3)25-27-36-38(33,34)35-26-19-17-15-13-11-9-7-5-4-6-8-10-12-14-16-18-20-28-21-23-29(24-22-28)37-30-32;;/h25-28,34-45H,10-24,29-33,46-48H2,1-9H3;7-10,14-21H,11-13H2,1-6H3;21-24,32H,4-20,25-27H2,1-3H3;2*1H/q2*+1;;;/p-2. The monoisotopic (exact) mass is 2070 g/mol. The predicted octanol–water partition coefficient (Wildman–Crippen LogP) is 23.9. The average Bonchev–Trinajstić information content (AvgIpc) is 1.61. The first-order chi connectivity index (χ1) is 67.8. The van der Waals surface area contributed by atoms with Crippen LogP contribution < -0.4 is 49.1 Å². The first-order valence-corrected chi connectivity index (χ1v) is 57.7. The first-order valence-electron chi connectivity index (χ1n) is 54.4. The summed E-state index contributed by atoms with van der Waals surface area (Å²) >= 11 is 7.01. The van der Waals surface area contributed by atoms with E-state index in [1.54, 1.807) is 0 Å². The number of benzene rings is 6. The largest absolute Gasteiger partial charge is 1.00 e. The lowest BCUT2D eigenvalue weighted by atomic mass is 9.79. The molecule has 0 amide bonds. The molecule has 2 aliphatic carbocycles. The summed E-state index contributed by atoms with van der Waals surface area (Å²) in [6.45, 7) is 20.7. The summed E-state index contributed by atoms with van der Waals surface area (Å²) in [6, 6.07) is 52.7. The van der Waals surface area contributed by atoms with Crippen LogP contribution in [0.3, 0.4) is 0 Å². The minimum atomic E-state index is -4.18. The second kappa shape index (κ2) is 60.2. The van der Waals surface area contributed by atoms with Crippen LogP contribution in [0, 0.1) is 0 Å². The Balaban J connectivity index is 0.000000286. The van der Waals surface area contributed by atoms with Crippen molar-refractivity contribution in [1.82, 2.24) is 0 Å². The smallest absolute Gasteiger partial charge is 0.569 e. The third-order valence-corrected chi connectivity index (χ3v) is 32.6. The van der Waals surface area contributed by atoms with E-state index < -0.39 is 15.6 Å². The van der Waals surface area contributed by atoms with Gasteiger partial charge in [0.05, 0.1) is 72.1 Å². The van der Waals surface area contributed by atoms with Crippen molar-refractivity contribution in [2.45, 2.75) is 334 Å². The second-order valence-electron chi connectivity index (χ2n) is 44.8. The molecule has 1 N–H and O–H groups in total. The fraction of sp³-hybridized carbons (Fsp3) is 0.557. The van der Waals surface area contributed by atoms with Gasteiger partial charge in [-0.2, -0.15) is 9.15 Å². The Morgan fingerprint density at radius 3 is 1.06 bits per heavy atom. The molecule has 1 radical (unpaired) electrons. The number of halogens is 3. The molecule has 2 unspecified atom stereocenters. The van der Waals surface area contributed by atoms with Gasteiger partial charge in [-0.15, -0.1) is 0 Å². The van der Waals surface area contributed by atoms with Crippen LogP contribution in [0.5, 0.6) is 5.75 Å². The summed E-state index contributed by atoms with van der Waals surface area (Å²) in [7, 11) is 13.1. The molecule has 22 heteroatoms. The van der Waals surface area contributed by atoms with Crippen molar-refractivity contribution in [3.63, 3.8) is 0 Å². The molecule has 6 aliphatic rings. The normalized spacial score (nSPS) is 18.2. The van der Waals surface area contributed by atoms with Gasteiger partial charge >= 0.3 is 7.69 Å². The zero-order valence-electron chi connectivity index (χ0n) is 91.4. The van der Waals surface area contributed by atoms with Crippen LogP contribution in [0.1, 0.15) is 338 Å². The molecule has 0 saturated carbocycles. The number of para-hydroxylation sites is 4. The van der Waals surface area contributed by atoms with Crippen molar-refractivity contribution in [2.24, 2.45) is 0 Å². The SMILES string of the molecule is CN1/C(=C/C=C2\CCCC(/C=C/C3=[N+](C)c4ccccc4C3(C)C)=C2Cl)C(C)(C)c2ccccc21.CN1/C(=C/C=C2\CCCC(/C=C/C3=[N+](C)c4ccccc4C3(C)C)=C2c2ccc(CCCCCCCCCCCCCCCCCCOP(=O)([O-])OCC[N+](C)(C)C)cc2)C(C)(C)c2ccccc21.C[N+](C)(C)CCOP(=O)([O-])OCCCCCCCCCCCCCCCCCCc1ccc(O[B]O)cc1.[Cl-].[Cl-]. The van der Waals surface area contributed by atoms with Crippen molar-refractivity contribution in [1.29, 1.82) is 0 Å². The van der Waals surface area contributed by atoms with Crippen molar-refractivity contribution in [3.8, 4) is 5.75 Å². The third-order valence-electron chi connectivity index (χ3n) is 30.1. The number of rotatable bonds is 57. The number of unbranched alkanes of at least 4 members (excludes halogenated alkanes) is 30. The molecule has 4 heterocycles. The lowest BCUT2D eigenvalue weighted by Crippen LogP contribution is -3.00. The molecule has 16 nitrogen and oxygen atoms in total. The number of hydrogen-bond acceptors (Lipinski definition) is 12. The molecule has 144 heavy (non-hydrogen) atoms. The van der Waals surface area contributed by atoms with E-state index in [2.05, 4.69) is 285 Å². The fourth-order valence-corrected chi connectivity index (χ4v) is 23.3. The van der Waals surface area contributed by atoms with Gasteiger partial charge in [-0.3, -0.25) is 9.13 Å². The molecule has 2 atom stereocenters. The van der Waals surface area contributed by atoms with Crippen molar-refractivity contribution in [2.75, 3.05) is 120 Å². The van der Waals surface area contributed by atoms with Gasteiger partial charge < -0.3 is 81.1 Å². The van der Waals surface area contributed by atoms with E-state index >= 15 is 0 Å². The Morgan fingerprint density at radius 2 is 0.701 bits per heavy atom. The van der Waals surface area contributed by atoms with Gasteiger partial charge in [0.2, 0.25) is 11.4 Å². The van der Waals surface area contributed by atoms with Gasteiger partial charge in [-0.05, 0) is 197 Å². The number of anilines is 2. The number of aryl methyl sites for hydroxylation is 2. The number of nitrogens with zero attached hydrogens (tertiary/aromatic N) is 6. The van der Waals surface area contributed by atoms with Crippen molar-refractivity contribution < 1.29 is 89.6 Å². The molecule has 12 rings (SSSR count). The summed E-state index contributed by atoms with van der Waals surface area (Å²) in [5, 5.41) is 9.55. The highest BCUT2D eigenvalue weighted by molar-refractivity contribution is 7.46. The molecular weight excluding hydrogens is 1890 g/mol. The summed E-state index contributed by atoms with van der Waals surface area (Å²) in [6.07, 6.45) is 67.6. The van der Waals surface area contributed by atoms with Crippen LogP contribution in [0.15, 0.2) is 233 Å². The molecule has 0 bridgehead atoms. The van der Waals surface area contributed by atoms with Gasteiger partial charge in [0.15, 0.2) is 11.4 Å². The Bertz CT molecular complexity index is 5420. The number of phosphoric ester groups is 2. The van der Waals surface area contributed by atoms with Crippen LogP contribution >= 0.6 is 27.2 Å². The molecule has 6 aromatic carbocycles. The average molecular weight is 2070 g/mol. The molecule has 6 aromatic rings. The number of fused-ring (bicyclic) bond motifs is 4. The Kier molecular flexibility index (Phi) is 51.1. The number of hydrogen-bond donors (Lipinski definition) is 1. The lowest BCUT2D eigenvalue weighted by molar-refractivity contribution is -0.870. The molecule has 0 spiro atoms. The molecule has 0 fully saturated rings. The molecular formula is C122H179BCl3N6O10P2. The fourth-order valence-electron chi connectivity index (χ4n) is 21.5. The van der Waals surface area contributed by atoms with E-state index in [1.807, 2.05) is 54.4 Å². The summed E-state index contributed by atoms with van der Waals surface area (Å²) in [5.41, 5.74) is 26.7. The van der Waals surface area contributed by atoms with E-state index in [-0.39, 0.29) is 72.9 Å². The van der Waals surface area contributed by atoms with E-state index in [1.165, 1.54) is 279 Å². The zero-order valence-corrected chi connectivity index (χ0v) is 95.5. The highest BCUT2D eigenvalue weighted by Crippen LogP contribution is 2.51. The van der Waals surface area contributed by atoms with Crippen molar-refractivity contribution in [3.05, 3.63) is 272 Å². The molecule has 0 saturated heterocycles. The number of quaternary nitrogens is 2. The number of likely N-dealkylation sites (N-methyl/N-ethyl adjacent to an activating group) is 4. The maximum absolute atomic E-state index is 11.9. The quantitative estimate of drug-likeness (QED) is 0.0127. The second-order valence-corrected chi connectivity index (χ2v) is 48.0. The lowest BCUT2D eigenvalue weighted by Gasteiger charge is -2.27. The Labute approximate surface area is 889 Å². The first kappa shape index (κ1) is 122. The highest BCUT2D eigenvalue weighted by atomic mass is 35.5.